The van der Waals surface area contributed by atoms with Crippen molar-refractivity contribution in [3.63, 3.8) is 0 Å². The fraction of sp³-hybridized carbons (Fsp3) is 0.769. The molecule has 27 heavy (non-hydrogen) atoms. The van der Waals surface area contributed by atoms with E-state index in [1.165, 1.54) is 38.5 Å². The second-order valence-corrected chi connectivity index (χ2v) is 10.2. The van der Waals surface area contributed by atoms with Crippen molar-refractivity contribution in [2.45, 2.75) is 105 Å². The molecule has 1 heteroatoms. The van der Waals surface area contributed by atoms with Crippen molar-refractivity contribution in [3.05, 3.63) is 35.4 Å². The molecule has 0 amide bonds. The van der Waals surface area contributed by atoms with Gasteiger partial charge in [-0.3, -0.25) is 0 Å². The lowest BCUT2D eigenvalue weighted by molar-refractivity contribution is -0.0226. The maximum absolute atomic E-state index is 10.4. The third kappa shape index (κ3) is 4.78. The Morgan fingerprint density at radius 2 is 1.67 bits per heavy atom. The molecule has 0 spiro atoms. The minimum Gasteiger partial charge on any atom is -0.393 e. The fourth-order valence-electron chi connectivity index (χ4n) is 5.49. The minimum absolute atomic E-state index is 0.0457. The Balaban J connectivity index is 0.000000283. The zero-order valence-corrected chi connectivity index (χ0v) is 19.0. The molecule has 0 aromatic heterocycles. The van der Waals surface area contributed by atoms with E-state index >= 15 is 0 Å². The summed E-state index contributed by atoms with van der Waals surface area (Å²) in [6.45, 7) is 15.3. The van der Waals surface area contributed by atoms with Crippen LogP contribution in [0.15, 0.2) is 24.3 Å². The summed E-state index contributed by atoms with van der Waals surface area (Å²) in [7, 11) is 0. The maximum atomic E-state index is 10.4. The van der Waals surface area contributed by atoms with E-state index in [1.54, 1.807) is 11.1 Å². The lowest BCUT2D eigenvalue weighted by Crippen LogP contribution is -2.43. The molecule has 154 valence electrons. The highest BCUT2D eigenvalue weighted by atomic mass is 16.3. The van der Waals surface area contributed by atoms with Crippen molar-refractivity contribution in [3.8, 4) is 0 Å². The van der Waals surface area contributed by atoms with Crippen molar-refractivity contribution in [1.82, 2.24) is 0 Å². The van der Waals surface area contributed by atoms with Gasteiger partial charge in [-0.05, 0) is 78.2 Å². The number of benzene rings is 1. The Kier molecular flexibility index (Phi) is 7.59. The lowest BCUT2D eigenvalue weighted by atomic mass is 9.55. The van der Waals surface area contributed by atoms with Gasteiger partial charge in [0.15, 0.2) is 0 Å². The molecular weight excluding hydrogens is 328 g/mol. The van der Waals surface area contributed by atoms with Gasteiger partial charge in [0, 0.05) is 0 Å². The standard InChI is InChI=1S/C18H24O.C6H14.C2H6/c1-18-11-10-14-13-5-3-2-4-12(13)6-7-15(14)16(18)8-9-17(18)19;1-5-6(2,3)4;1-2/h2-5,14-17,19H,6-11H2,1H3;5H2,1-4H3;1-2H3. The lowest BCUT2D eigenvalue weighted by Gasteiger charge is -2.50. The molecule has 1 nitrogen and oxygen atoms in total. The first-order chi connectivity index (χ1) is 12.8. The van der Waals surface area contributed by atoms with Gasteiger partial charge in [-0.1, -0.05) is 79.2 Å². The van der Waals surface area contributed by atoms with E-state index in [-0.39, 0.29) is 11.5 Å². The van der Waals surface area contributed by atoms with Crippen molar-refractivity contribution in [1.29, 1.82) is 0 Å². The normalized spacial score (nSPS) is 34.1. The van der Waals surface area contributed by atoms with Crippen LogP contribution in [0.2, 0.25) is 0 Å². The summed E-state index contributed by atoms with van der Waals surface area (Å²) in [4.78, 5) is 0. The Hall–Kier alpha value is -0.820. The van der Waals surface area contributed by atoms with Gasteiger partial charge in [-0.15, -0.1) is 0 Å². The molecule has 3 aliphatic rings. The summed E-state index contributed by atoms with van der Waals surface area (Å²) < 4.78 is 0. The number of rotatable bonds is 0. The van der Waals surface area contributed by atoms with Gasteiger partial charge in [-0.2, -0.15) is 0 Å². The molecule has 1 aromatic rings. The Bertz CT molecular complexity index is 584. The molecule has 1 N–H and O–H groups in total. The zero-order valence-electron chi connectivity index (χ0n) is 19.0. The summed E-state index contributed by atoms with van der Waals surface area (Å²) in [6, 6.07) is 9.08. The first-order valence-corrected chi connectivity index (χ1v) is 11.5. The van der Waals surface area contributed by atoms with Crippen LogP contribution in [0.4, 0.5) is 0 Å². The summed E-state index contributed by atoms with van der Waals surface area (Å²) in [5.41, 5.74) is 3.97. The van der Waals surface area contributed by atoms with Crippen LogP contribution in [0.1, 0.15) is 104 Å². The van der Waals surface area contributed by atoms with E-state index in [4.69, 9.17) is 0 Å². The largest absolute Gasteiger partial charge is 0.393 e. The molecular formula is C26H44O. The first kappa shape index (κ1) is 22.5. The Morgan fingerprint density at radius 1 is 1.04 bits per heavy atom. The van der Waals surface area contributed by atoms with Crippen molar-refractivity contribution < 1.29 is 5.11 Å². The van der Waals surface area contributed by atoms with Gasteiger partial charge in [0.1, 0.15) is 0 Å². The second kappa shape index (κ2) is 9.12. The number of fused-ring (bicyclic) bond motifs is 5. The number of aryl methyl sites for hydroxylation is 1. The van der Waals surface area contributed by atoms with Crippen LogP contribution in [0.5, 0.6) is 0 Å². The van der Waals surface area contributed by atoms with E-state index in [0.29, 0.717) is 5.41 Å². The van der Waals surface area contributed by atoms with E-state index in [9.17, 15) is 5.11 Å². The quantitative estimate of drug-likeness (QED) is 0.504. The van der Waals surface area contributed by atoms with Crippen LogP contribution in [-0.4, -0.2) is 11.2 Å². The molecule has 2 saturated carbocycles. The van der Waals surface area contributed by atoms with Gasteiger partial charge in [0.25, 0.3) is 0 Å². The molecule has 0 bridgehead atoms. The van der Waals surface area contributed by atoms with Gasteiger partial charge in [-0.25, -0.2) is 0 Å². The van der Waals surface area contributed by atoms with Gasteiger partial charge >= 0.3 is 0 Å². The van der Waals surface area contributed by atoms with Crippen molar-refractivity contribution >= 4 is 0 Å². The number of aliphatic hydroxyl groups excluding tert-OH is 1. The third-order valence-corrected chi connectivity index (χ3v) is 7.65. The van der Waals surface area contributed by atoms with Crippen LogP contribution in [0.25, 0.3) is 0 Å². The average molecular weight is 373 g/mol. The molecule has 5 atom stereocenters. The third-order valence-electron chi connectivity index (χ3n) is 7.65. The van der Waals surface area contributed by atoms with E-state index in [1.807, 2.05) is 13.8 Å². The fourth-order valence-corrected chi connectivity index (χ4v) is 5.49. The number of hydrogen-bond donors (Lipinski definition) is 1. The predicted molar refractivity (Wildman–Crippen MR) is 118 cm³/mol. The predicted octanol–water partition coefficient (Wildman–Crippen LogP) is 7.37. The van der Waals surface area contributed by atoms with Crippen molar-refractivity contribution in [2.24, 2.45) is 22.7 Å². The smallest absolute Gasteiger partial charge is 0.0596 e. The molecule has 0 aliphatic heterocycles. The summed E-state index contributed by atoms with van der Waals surface area (Å²) in [5, 5.41) is 10.4. The van der Waals surface area contributed by atoms with Crippen LogP contribution in [0, 0.1) is 22.7 Å². The Labute approximate surface area is 169 Å². The monoisotopic (exact) mass is 372 g/mol. The molecule has 4 rings (SSSR count). The molecule has 0 saturated heterocycles. The summed E-state index contributed by atoms with van der Waals surface area (Å²) >= 11 is 0. The highest BCUT2D eigenvalue weighted by molar-refractivity contribution is 5.34. The van der Waals surface area contributed by atoms with Crippen molar-refractivity contribution in [2.75, 3.05) is 0 Å². The Morgan fingerprint density at radius 3 is 2.30 bits per heavy atom. The maximum Gasteiger partial charge on any atom is 0.0596 e. The van der Waals surface area contributed by atoms with Gasteiger partial charge < -0.3 is 5.11 Å². The SMILES string of the molecule is CC.CC12CCC3c4ccccc4CCC3C1CCC2O.CCC(C)(C)C. The average Bonchev–Trinajstić information content (AvgIpc) is 2.98. The van der Waals surface area contributed by atoms with Gasteiger partial charge in [0.05, 0.1) is 6.10 Å². The second-order valence-electron chi connectivity index (χ2n) is 10.2. The number of hydrogen-bond acceptors (Lipinski definition) is 1. The van der Waals surface area contributed by atoms with Gasteiger partial charge in [0.2, 0.25) is 0 Å². The zero-order chi connectivity index (χ0) is 20.2. The van der Waals surface area contributed by atoms with Crippen LogP contribution in [-0.2, 0) is 6.42 Å². The molecule has 3 aliphatic carbocycles. The summed E-state index contributed by atoms with van der Waals surface area (Å²) in [5.74, 6) is 2.36. The minimum atomic E-state index is -0.0457. The molecule has 0 radical (unpaired) electrons. The van der Waals surface area contributed by atoms with Crippen LogP contribution in [0.3, 0.4) is 0 Å². The van der Waals surface area contributed by atoms with E-state index in [0.717, 1.165) is 24.2 Å². The van der Waals surface area contributed by atoms with E-state index < -0.39 is 0 Å². The van der Waals surface area contributed by atoms with Crippen LogP contribution < -0.4 is 0 Å². The first-order valence-electron chi connectivity index (χ1n) is 11.5. The topological polar surface area (TPSA) is 20.2 Å². The summed E-state index contributed by atoms with van der Waals surface area (Å²) in [6.07, 6.45) is 8.60. The van der Waals surface area contributed by atoms with E-state index in [2.05, 4.69) is 58.9 Å². The molecule has 0 heterocycles. The highest BCUT2D eigenvalue weighted by Gasteiger charge is 2.54. The molecule has 5 unspecified atom stereocenters. The number of aliphatic hydroxyl groups is 1. The van der Waals surface area contributed by atoms with Crippen LogP contribution >= 0.6 is 0 Å². The molecule has 1 aromatic carbocycles. The molecule has 2 fully saturated rings. The highest BCUT2D eigenvalue weighted by Crippen LogP contribution is 2.60.